The van der Waals surface area contributed by atoms with Crippen LogP contribution in [-0.2, 0) is 13.7 Å². The Morgan fingerprint density at radius 1 is 1.00 bits per heavy atom. The molecule has 4 rings (SSSR count). The molecule has 0 saturated heterocycles. The standard InChI is InChI=1S/C20H17ClN4O/c1-13-8-9-15-16(10-13)23-19(21)20(24-15)26-12-18-22-17(11-25(18)2)14-6-4-3-5-7-14/h3-11H,12H2,1-2H3. The molecule has 2 heterocycles. The van der Waals surface area contributed by atoms with Crippen molar-refractivity contribution in [1.82, 2.24) is 19.5 Å². The zero-order chi connectivity index (χ0) is 18.1. The maximum Gasteiger partial charge on any atom is 0.253 e. The van der Waals surface area contributed by atoms with E-state index in [0.717, 1.165) is 33.7 Å². The summed E-state index contributed by atoms with van der Waals surface area (Å²) < 4.78 is 7.74. The molecule has 4 aromatic rings. The zero-order valence-corrected chi connectivity index (χ0v) is 15.2. The average Bonchev–Trinajstić information content (AvgIpc) is 3.01. The normalized spacial score (nSPS) is 11.0. The van der Waals surface area contributed by atoms with E-state index in [1.54, 1.807) is 0 Å². The zero-order valence-electron chi connectivity index (χ0n) is 14.5. The van der Waals surface area contributed by atoms with E-state index in [1.165, 1.54) is 0 Å². The molecule has 6 heteroatoms. The molecule has 130 valence electrons. The summed E-state index contributed by atoms with van der Waals surface area (Å²) in [7, 11) is 1.94. The van der Waals surface area contributed by atoms with Crippen molar-refractivity contribution in [2.75, 3.05) is 0 Å². The lowest BCUT2D eigenvalue weighted by molar-refractivity contribution is 0.280. The van der Waals surface area contributed by atoms with Crippen LogP contribution in [0.1, 0.15) is 11.4 Å². The van der Waals surface area contributed by atoms with Gasteiger partial charge >= 0.3 is 0 Å². The number of aryl methyl sites for hydroxylation is 2. The summed E-state index contributed by atoms with van der Waals surface area (Å²) in [4.78, 5) is 13.5. The summed E-state index contributed by atoms with van der Waals surface area (Å²) in [5, 5.41) is 0.251. The van der Waals surface area contributed by atoms with Gasteiger partial charge in [-0.15, -0.1) is 0 Å². The quantitative estimate of drug-likeness (QED) is 0.532. The Bertz CT molecular complexity index is 1080. The number of aromatic nitrogens is 4. The van der Waals surface area contributed by atoms with Crippen molar-refractivity contribution in [3.8, 4) is 17.1 Å². The van der Waals surface area contributed by atoms with Crippen LogP contribution in [-0.4, -0.2) is 19.5 Å². The van der Waals surface area contributed by atoms with Crippen LogP contribution in [0.3, 0.4) is 0 Å². The minimum Gasteiger partial charge on any atom is -0.467 e. The third-order valence-electron chi connectivity index (χ3n) is 4.13. The van der Waals surface area contributed by atoms with Crippen LogP contribution in [0, 0.1) is 6.92 Å². The Hall–Kier alpha value is -2.92. The van der Waals surface area contributed by atoms with Gasteiger partial charge in [-0.25, -0.2) is 15.0 Å². The number of ether oxygens (including phenoxy) is 1. The van der Waals surface area contributed by atoms with Crippen molar-refractivity contribution in [1.29, 1.82) is 0 Å². The van der Waals surface area contributed by atoms with E-state index >= 15 is 0 Å². The number of nitrogens with zero attached hydrogens (tertiary/aromatic N) is 4. The predicted octanol–water partition coefficient (Wildman–Crippen LogP) is 4.57. The molecule has 0 aliphatic carbocycles. The van der Waals surface area contributed by atoms with E-state index in [4.69, 9.17) is 16.3 Å². The molecule has 0 radical (unpaired) electrons. The van der Waals surface area contributed by atoms with E-state index < -0.39 is 0 Å². The summed E-state index contributed by atoms with van der Waals surface area (Å²) in [5.74, 6) is 1.10. The molecule has 2 aromatic carbocycles. The van der Waals surface area contributed by atoms with Crippen molar-refractivity contribution < 1.29 is 4.74 Å². The van der Waals surface area contributed by atoms with E-state index in [-0.39, 0.29) is 11.8 Å². The Morgan fingerprint density at radius 3 is 2.62 bits per heavy atom. The molecule has 0 atom stereocenters. The molecule has 0 amide bonds. The lowest BCUT2D eigenvalue weighted by Gasteiger charge is -2.08. The van der Waals surface area contributed by atoms with Gasteiger partial charge in [0.15, 0.2) is 5.15 Å². The predicted molar refractivity (Wildman–Crippen MR) is 102 cm³/mol. The molecular weight excluding hydrogens is 348 g/mol. The highest BCUT2D eigenvalue weighted by Crippen LogP contribution is 2.25. The molecule has 0 fully saturated rings. The smallest absolute Gasteiger partial charge is 0.253 e. The van der Waals surface area contributed by atoms with Crippen molar-refractivity contribution >= 4 is 22.6 Å². The van der Waals surface area contributed by atoms with Crippen LogP contribution in [0.5, 0.6) is 5.88 Å². The monoisotopic (exact) mass is 364 g/mol. The first-order valence-corrected chi connectivity index (χ1v) is 8.62. The fraction of sp³-hybridized carbons (Fsp3) is 0.150. The molecule has 0 aliphatic heterocycles. The Balaban J connectivity index is 1.58. The molecule has 5 nitrogen and oxygen atoms in total. The van der Waals surface area contributed by atoms with Gasteiger partial charge in [0.1, 0.15) is 12.4 Å². The van der Waals surface area contributed by atoms with Crippen molar-refractivity contribution in [2.24, 2.45) is 7.05 Å². The van der Waals surface area contributed by atoms with Crippen LogP contribution < -0.4 is 4.74 Å². The van der Waals surface area contributed by atoms with Crippen molar-refractivity contribution in [3.63, 3.8) is 0 Å². The van der Waals surface area contributed by atoms with Crippen LogP contribution in [0.15, 0.2) is 54.7 Å². The van der Waals surface area contributed by atoms with Gasteiger partial charge in [0, 0.05) is 18.8 Å². The molecule has 0 bridgehead atoms. The second-order valence-electron chi connectivity index (χ2n) is 6.12. The molecular formula is C20H17ClN4O. The van der Waals surface area contributed by atoms with Gasteiger partial charge in [-0.1, -0.05) is 48.0 Å². The molecule has 0 aliphatic rings. The lowest BCUT2D eigenvalue weighted by atomic mass is 10.2. The maximum absolute atomic E-state index is 6.24. The number of fused-ring (bicyclic) bond motifs is 1. The second kappa shape index (κ2) is 6.77. The summed E-state index contributed by atoms with van der Waals surface area (Å²) >= 11 is 6.24. The minimum absolute atomic E-state index is 0.251. The molecule has 0 saturated carbocycles. The molecule has 0 N–H and O–H groups in total. The van der Waals surface area contributed by atoms with Gasteiger partial charge in [0.05, 0.1) is 16.7 Å². The third-order valence-corrected chi connectivity index (χ3v) is 4.37. The van der Waals surface area contributed by atoms with Crippen LogP contribution in [0.2, 0.25) is 5.15 Å². The number of rotatable bonds is 4. The molecule has 0 spiro atoms. The minimum atomic E-state index is 0.251. The summed E-state index contributed by atoms with van der Waals surface area (Å²) in [5.41, 5.74) is 4.58. The largest absolute Gasteiger partial charge is 0.467 e. The van der Waals surface area contributed by atoms with Gasteiger partial charge in [-0.2, -0.15) is 0 Å². The van der Waals surface area contributed by atoms with Gasteiger partial charge in [0.2, 0.25) is 0 Å². The van der Waals surface area contributed by atoms with Gasteiger partial charge < -0.3 is 9.30 Å². The van der Waals surface area contributed by atoms with Crippen molar-refractivity contribution in [2.45, 2.75) is 13.5 Å². The van der Waals surface area contributed by atoms with Crippen LogP contribution in [0.25, 0.3) is 22.3 Å². The number of imidazole rings is 1. The number of halogens is 1. The van der Waals surface area contributed by atoms with E-state index in [2.05, 4.69) is 15.0 Å². The molecule has 2 aromatic heterocycles. The molecule has 26 heavy (non-hydrogen) atoms. The maximum atomic E-state index is 6.24. The fourth-order valence-electron chi connectivity index (χ4n) is 2.74. The first-order chi connectivity index (χ1) is 12.6. The lowest BCUT2D eigenvalue weighted by Crippen LogP contribution is -2.05. The highest BCUT2D eigenvalue weighted by atomic mass is 35.5. The SMILES string of the molecule is Cc1ccc2nc(OCc3nc(-c4ccccc4)cn3C)c(Cl)nc2c1. The number of benzene rings is 2. The average molecular weight is 365 g/mol. The van der Waals surface area contributed by atoms with Gasteiger partial charge in [-0.3, -0.25) is 0 Å². The van der Waals surface area contributed by atoms with E-state index in [0.29, 0.717) is 5.88 Å². The van der Waals surface area contributed by atoms with E-state index in [1.807, 2.05) is 73.3 Å². The highest BCUT2D eigenvalue weighted by Gasteiger charge is 2.12. The number of hydrogen-bond acceptors (Lipinski definition) is 4. The van der Waals surface area contributed by atoms with Gasteiger partial charge in [0.25, 0.3) is 5.88 Å². The van der Waals surface area contributed by atoms with Crippen LogP contribution >= 0.6 is 11.6 Å². The number of hydrogen-bond donors (Lipinski definition) is 0. The van der Waals surface area contributed by atoms with Crippen LogP contribution in [0.4, 0.5) is 0 Å². The Kier molecular flexibility index (Phi) is 4.31. The van der Waals surface area contributed by atoms with E-state index in [9.17, 15) is 0 Å². The summed E-state index contributed by atoms with van der Waals surface area (Å²) in [6, 6.07) is 15.9. The van der Waals surface area contributed by atoms with Crippen molar-refractivity contribution in [3.05, 3.63) is 71.3 Å². The first-order valence-electron chi connectivity index (χ1n) is 8.24. The summed E-state index contributed by atoms with van der Waals surface area (Å²) in [6.07, 6.45) is 1.98. The second-order valence-corrected chi connectivity index (χ2v) is 6.48. The first kappa shape index (κ1) is 16.5. The van der Waals surface area contributed by atoms with Gasteiger partial charge in [-0.05, 0) is 24.6 Å². The summed E-state index contributed by atoms with van der Waals surface area (Å²) in [6.45, 7) is 2.26. The Labute approximate surface area is 156 Å². The Morgan fingerprint density at radius 2 is 1.81 bits per heavy atom. The fourth-order valence-corrected chi connectivity index (χ4v) is 2.93. The molecule has 0 unspecified atom stereocenters. The highest BCUT2D eigenvalue weighted by molar-refractivity contribution is 6.31. The third kappa shape index (κ3) is 3.26. The topological polar surface area (TPSA) is 52.8 Å².